The molecule has 0 bridgehead atoms. The summed E-state index contributed by atoms with van der Waals surface area (Å²) in [6.45, 7) is 1.85. The standard InChI is InChI=1S/C33H30N2O/c36-33(32(29-18-9-3-10-19-29)30-20-11-4-12-21-30)35(25-28-16-7-2-8-17-28)26-31-22-13-23-34(31)24-27-14-5-1-6-15-27/h1-23,32H,24-26H2. The lowest BCUT2D eigenvalue weighted by Gasteiger charge is -2.29. The van der Waals surface area contributed by atoms with E-state index < -0.39 is 0 Å². The van der Waals surface area contributed by atoms with Crippen molar-refractivity contribution < 1.29 is 4.79 Å². The number of rotatable bonds is 9. The Balaban J connectivity index is 1.49. The summed E-state index contributed by atoms with van der Waals surface area (Å²) in [4.78, 5) is 16.4. The fourth-order valence-corrected chi connectivity index (χ4v) is 4.69. The summed E-state index contributed by atoms with van der Waals surface area (Å²) in [7, 11) is 0. The Hall–Kier alpha value is -4.37. The van der Waals surface area contributed by atoms with Crippen molar-refractivity contribution in [3.05, 3.63) is 168 Å². The minimum Gasteiger partial charge on any atom is -0.345 e. The Kier molecular flexibility index (Phi) is 7.38. The number of hydrogen-bond donors (Lipinski definition) is 0. The van der Waals surface area contributed by atoms with E-state index in [-0.39, 0.29) is 11.8 Å². The third-order valence-corrected chi connectivity index (χ3v) is 6.51. The summed E-state index contributed by atoms with van der Waals surface area (Å²) >= 11 is 0. The number of amides is 1. The molecule has 178 valence electrons. The second-order valence-electron chi connectivity index (χ2n) is 9.05. The highest BCUT2D eigenvalue weighted by molar-refractivity contribution is 5.87. The van der Waals surface area contributed by atoms with Gasteiger partial charge in [0.2, 0.25) is 5.91 Å². The van der Waals surface area contributed by atoms with Crippen molar-refractivity contribution in [1.82, 2.24) is 9.47 Å². The average molecular weight is 471 g/mol. The molecular weight excluding hydrogens is 440 g/mol. The molecule has 0 radical (unpaired) electrons. The highest BCUT2D eigenvalue weighted by Gasteiger charge is 2.28. The van der Waals surface area contributed by atoms with Crippen LogP contribution in [0.3, 0.4) is 0 Å². The van der Waals surface area contributed by atoms with Crippen molar-refractivity contribution in [2.24, 2.45) is 0 Å². The summed E-state index contributed by atoms with van der Waals surface area (Å²) in [5, 5.41) is 0. The third kappa shape index (κ3) is 5.64. The van der Waals surface area contributed by atoms with Gasteiger partial charge in [-0.05, 0) is 34.4 Å². The zero-order valence-electron chi connectivity index (χ0n) is 20.3. The zero-order chi connectivity index (χ0) is 24.6. The largest absolute Gasteiger partial charge is 0.345 e. The molecule has 0 aliphatic heterocycles. The van der Waals surface area contributed by atoms with Crippen molar-refractivity contribution in [1.29, 1.82) is 0 Å². The first kappa shape index (κ1) is 23.4. The van der Waals surface area contributed by atoms with Gasteiger partial charge in [0, 0.05) is 25.0 Å². The van der Waals surface area contributed by atoms with Gasteiger partial charge in [-0.2, -0.15) is 0 Å². The van der Waals surface area contributed by atoms with Gasteiger partial charge in [-0.15, -0.1) is 0 Å². The molecule has 3 heteroatoms. The smallest absolute Gasteiger partial charge is 0.235 e. The first-order valence-corrected chi connectivity index (χ1v) is 12.4. The number of carbonyl (C=O) groups is 1. The molecule has 3 nitrogen and oxygen atoms in total. The molecule has 0 atom stereocenters. The molecule has 36 heavy (non-hydrogen) atoms. The molecule has 1 heterocycles. The SMILES string of the molecule is O=C(C(c1ccccc1)c1ccccc1)N(Cc1ccccc1)Cc1cccn1Cc1ccccc1. The molecular formula is C33H30N2O. The van der Waals surface area contributed by atoms with Crippen LogP contribution in [0.25, 0.3) is 0 Å². The van der Waals surface area contributed by atoms with Crippen molar-refractivity contribution in [2.45, 2.75) is 25.6 Å². The second kappa shape index (κ2) is 11.4. The quantitative estimate of drug-likeness (QED) is 0.230. The van der Waals surface area contributed by atoms with E-state index in [0.29, 0.717) is 13.1 Å². The van der Waals surface area contributed by atoms with Gasteiger partial charge in [0.15, 0.2) is 0 Å². The summed E-state index contributed by atoms with van der Waals surface area (Å²) in [6.07, 6.45) is 2.10. The van der Waals surface area contributed by atoms with E-state index in [1.807, 2.05) is 89.8 Å². The second-order valence-corrected chi connectivity index (χ2v) is 9.05. The van der Waals surface area contributed by atoms with E-state index in [1.54, 1.807) is 0 Å². The topological polar surface area (TPSA) is 25.2 Å². The van der Waals surface area contributed by atoms with E-state index >= 15 is 0 Å². The first-order chi connectivity index (χ1) is 17.8. The van der Waals surface area contributed by atoms with Crippen LogP contribution in [0.1, 0.15) is 33.9 Å². The van der Waals surface area contributed by atoms with E-state index in [2.05, 4.69) is 59.3 Å². The lowest BCUT2D eigenvalue weighted by atomic mass is 9.89. The number of benzene rings is 4. The molecule has 0 aliphatic rings. The van der Waals surface area contributed by atoms with Gasteiger partial charge >= 0.3 is 0 Å². The van der Waals surface area contributed by atoms with Crippen LogP contribution in [0.15, 0.2) is 140 Å². The fourth-order valence-electron chi connectivity index (χ4n) is 4.69. The molecule has 0 saturated heterocycles. The molecule has 0 saturated carbocycles. The van der Waals surface area contributed by atoms with Gasteiger partial charge in [-0.25, -0.2) is 0 Å². The lowest BCUT2D eigenvalue weighted by molar-refractivity contribution is -0.133. The average Bonchev–Trinajstić information content (AvgIpc) is 3.37. The monoisotopic (exact) mass is 470 g/mol. The van der Waals surface area contributed by atoms with Crippen LogP contribution >= 0.6 is 0 Å². The summed E-state index contributed by atoms with van der Waals surface area (Å²) in [6, 6.07) is 45.1. The Morgan fingerprint density at radius 1 is 0.583 bits per heavy atom. The van der Waals surface area contributed by atoms with Gasteiger partial charge in [0.25, 0.3) is 0 Å². The number of nitrogens with zero attached hydrogens (tertiary/aromatic N) is 2. The molecule has 0 aliphatic carbocycles. The van der Waals surface area contributed by atoms with Crippen LogP contribution < -0.4 is 0 Å². The zero-order valence-corrected chi connectivity index (χ0v) is 20.3. The van der Waals surface area contributed by atoms with E-state index in [9.17, 15) is 4.79 Å². The van der Waals surface area contributed by atoms with Gasteiger partial charge in [-0.1, -0.05) is 121 Å². The third-order valence-electron chi connectivity index (χ3n) is 6.51. The molecule has 0 unspecified atom stereocenters. The number of hydrogen-bond acceptors (Lipinski definition) is 1. The Bertz CT molecular complexity index is 1320. The fraction of sp³-hybridized carbons (Fsp3) is 0.121. The molecule has 0 N–H and O–H groups in total. The molecule has 0 spiro atoms. The maximum atomic E-state index is 14.4. The minimum atomic E-state index is -0.367. The van der Waals surface area contributed by atoms with Crippen LogP contribution in [-0.2, 0) is 24.4 Å². The van der Waals surface area contributed by atoms with E-state index in [4.69, 9.17) is 0 Å². The summed E-state index contributed by atoms with van der Waals surface area (Å²) in [5.41, 5.74) is 5.48. The van der Waals surface area contributed by atoms with Crippen molar-refractivity contribution in [3.8, 4) is 0 Å². The van der Waals surface area contributed by atoms with Gasteiger partial charge in [0.1, 0.15) is 0 Å². The van der Waals surface area contributed by atoms with Crippen molar-refractivity contribution in [3.63, 3.8) is 0 Å². The lowest BCUT2D eigenvalue weighted by Crippen LogP contribution is -2.35. The van der Waals surface area contributed by atoms with Crippen molar-refractivity contribution >= 4 is 5.91 Å². The van der Waals surface area contributed by atoms with Gasteiger partial charge in [-0.3, -0.25) is 4.79 Å². The Morgan fingerprint density at radius 2 is 1.08 bits per heavy atom. The van der Waals surface area contributed by atoms with Gasteiger partial charge < -0.3 is 9.47 Å². The summed E-state index contributed by atoms with van der Waals surface area (Å²) < 4.78 is 2.24. The first-order valence-electron chi connectivity index (χ1n) is 12.4. The highest BCUT2D eigenvalue weighted by Crippen LogP contribution is 2.28. The minimum absolute atomic E-state index is 0.101. The highest BCUT2D eigenvalue weighted by atomic mass is 16.2. The predicted molar refractivity (Wildman–Crippen MR) is 145 cm³/mol. The maximum absolute atomic E-state index is 14.4. The maximum Gasteiger partial charge on any atom is 0.235 e. The molecule has 4 aromatic carbocycles. The van der Waals surface area contributed by atoms with Crippen LogP contribution in [0.4, 0.5) is 0 Å². The molecule has 5 rings (SSSR count). The molecule has 1 aromatic heterocycles. The van der Waals surface area contributed by atoms with Crippen LogP contribution in [0.2, 0.25) is 0 Å². The Morgan fingerprint density at radius 3 is 1.64 bits per heavy atom. The van der Waals surface area contributed by atoms with Gasteiger partial charge in [0.05, 0.1) is 12.5 Å². The Labute approximate surface area is 213 Å². The van der Waals surface area contributed by atoms with Crippen molar-refractivity contribution in [2.75, 3.05) is 0 Å². The number of carbonyl (C=O) groups excluding carboxylic acids is 1. The summed E-state index contributed by atoms with van der Waals surface area (Å²) in [5.74, 6) is -0.266. The van der Waals surface area contributed by atoms with E-state index in [1.165, 1.54) is 5.56 Å². The molecule has 5 aromatic rings. The van der Waals surface area contributed by atoms with Crippen LogP contribution in [0.5, 0.6) is 0 Å². The van der Waals surface area contributed by atoms with E-state index in [0.717, 1.165) is 28.9 Å². The molecule has 1 amide bonds. The van der Waals surface area contributed by atoms with Crippen LogP contribution in [-0.4, -0.2) is 15.4 Å². The number of aromatic nitrogens is 1. The van der Waals surface area contributed by atoms with Crippen LogP contribution in [0, 0.1) is 0 Å². The predicted octanol–water partition coefficient (Wildman–Crippen LogP) is 6.90. The normalized spacial score (nSPS) is 10.9. The molecule has 0 fully saturated rings.